The van der Waals surface area contributed by atoms with E-state index in [0.717, 1.165) is 5.56 Å². The first-order valence-electron chi connectivity index (χ1n) is 5.83. The van der Waals surface area contributed by atoms with Crippen LogP contribution in [0.15, 0.2) is 18.2 Å². The molecule has 0 amide bonds. The Morgan fingerprint density at radius 3 is 2.41 bits per heavy atom. The van der Waals surface area contributed by atoms with Gasteiger partial charge in [0, 0.05) is 6.07 Å². The van der Waals surface area contributed by atoms with Crippen molar-refractivity contribution in [1.82, 2.24) is 0 Å². The van der Waals surface area contributed by atoms with Crippen LogP contribution in [0.2, 0.25) is 0 Å². The van der Waals surface area contributed by atoms with E-state index in [1.165, 1.54) is 6.07 Å². The average molecular weight is 237 g/mol. The summed E-state index contributed by atoms with van der Waals surface area (Å²) in [6.07, 6.45) is 0. The monoisotopic (exact) mass is 237 g/mol. The minimum Gasteiger partial charge on any atom is -0.487 e. The standard InChI is InChI=1S/C13H19NO3/c1-9(2)8-17-13-7-11(10(3)4)5-6-12(13)14(15)16/h5-7,9-10H,8H2,1-4H3. The van der Waals surface area contributed by atoms with Crippen molar-refractivity contribution in [2.24, 2.45) is 5.92 Å². The second-order valence-electron chi connectivity index (χ2n) is 4.84. The summed E-state index contributed by atoms with van der Waals surface area (Å²) < 4.78 is 5.51. The molecule has 0 aliphatic carbocycles. The second kappa shape index (κ2) is 5.66. The van der Waals surface area contributed by atoms with E-state index < -0.39 is 4.92 Å². The quantitative estimate of drug-likeness (QED) is 0.578. The molecule has 4 heteroatoms. The topological polar surface area (TPSA) is 52.4 Å². The number of rotatable bonds is 5. The molecular weight excluding hydrogens is 218 g/mol. The van der Waals surface area contributed by atoms with Crippen LogP contribution in [0, 0.1) is 16.0 Å². The van der Waals surface area contributed by atoms with Gasteiger partial charge in [0.15, 0.2) is 5.75 Å². The van der Waals surface area contributed by atoms with Gasteiger partial charge in [-0.3, -0.25) is 10.1 Å². The number of benzene rings is 1. The summed E-state index contributed by atoms with van der Waals surface area (Å²) in [5, 5.41) is 10.9. The zero-order valence-electron chi connectivity index (χ0n) is 10.8. The van der Waals surface area contributed by atoms with E-state index in [9.17, 15) is 10.1 Å². The van der Waals surface area contributed by atoms with Gasteiger partial charge in [0.2, 0.25) is 0 Å². The first-order chi connectivity index (χ1) is 7.91. The fraction of sp³-hybridized carbons (Fsp3) is 0.538. The Morgan fingerprint density at radius 1 is 1.29 bits per heavy atom. The van der Waals surface area contributed by atoms with Crippen LogP contribution in [-0.4, -0.2) is 11.5 Å². The van der Waals surface area contributed by atoms with Crippen molar-refractivity contribution in [3.8, 4) is 5.75 Å². The van der Waals surface area contributed by atoms with Gasteiger partial charge in [-0.2, -0.15) is 0 Å². The van der Waals surface area contributed by atoms with Crippen molar-refractivity contribution in [2.45, 2.75) is 33.6 Å². The zero-order chi connectivity index (χ0) is 13.0. The lowest BCUT2D eigenvalue weighted by molar-refractivity contribution is -0.385. The molecule has 0 bridgehead atoms. The van der Waals surface area contributed by atoms with E-state index in [-0.39, 0.29) is 5.69 Å². The van der Waals surface area contributed by atoms with Crippen molar-refractivity contribution in [1.29, 1.82) is 0 Å². The SMILES string of the molecule is CC(C)COc1cc(C(C)C)ccc1[N+](=O)[O-]. The Kier molecular flexibility index (Phi) is 4.49. The summed E-state index contributed by atoms with van der Waals surface area (Å²) in [5.74, 6) is 1.05. The van der Waals surface area contributed by atoms with E-state index >= 15 is 0 Å². The highest BCUT2D eigenvalue weighted by Crippen LogP contribution is 2.30. The molecule has 1 rings (SSSR count). The Labute approximate surface area is 102 Å². The molecule has 4 nitrogen and oxygen atoms in total. The molecule has 0 radical (unpaired) electrons. The predicted octanol–water partition coefficient (Wildman–Crippen LogP) is 3.75. The van der Waals surface area contributed by atoms with Gasteiger partial charge in [0.25, 0.3) is 0 Å². The summed E-state index contributed by atoms with van der Waals surface area (Å²) in [7, 11) is 0. The minimum absolute atomic E-state index is 0.0371. The van der Waals surface area contributed by atoms with Gasteiger partial charge >= 0.3 is 5.69 Å². The van der Waals surface area contributed by atoms with Crippen molar-refractivity contribution < 1.29 is 9.66 Å². The molecule has 0 saturated carbocycles. The van der Waals surface area contributed by atoms with E-state index in [2.05, 4.69) is 0 Å². The van der Waals surface area contributed by atoms with E-state index in [1.807, 2.05) is 27.7 Å². The molecule has 0 atom stereocenters. The van der Waals surface area contributed by atoms with Crippen LogP contribution in [0.3, 0.4) is 0 Å². The lowest BCUT2D eigenvalue weighted by atomic mass is 10.0. The summed E-state index contributed by atoms with van der Waals surface area (Å²) >= 11 is 0. The molecule has 17 heavy (non-hydrogen) atoms. The maximum Gasteiger partial charge on any atom is 0.310 e. The number of nitrogens with zero attached hydrogens (tertiary/aromatic N) is 1. The first-order valence-corrected chi connectivity index (χ1v) is 5.83. The number of hydrogen-bond acceptors (Lipinski definition) is 3. The summed E-state index contributed by atoms with van der Waals surface area (Å²) in [6, 6.07) is 5.07. The Hall–Kier alpha value is -1.58. The average Bonchev–Trinajstić information content (AvgIpc) is 2.25. The molecule has 0 aliphatic rings. The van der Waals surface area contributed by atoms with Gasteiger partial charge < -0.3 is 4.74 Å². The van der Waals surface area contributed by atoms with Crippen LogP contribution in [0.4, 0.5) is 5.69 Å². The van der Waals surface area contributed by atoms with Gasteiger partial charge in [-0.1, -0.05) is 33.8 Å². The van der Waals surface area contributed by atoms with Crippen LogP contribution in [0.5, 0.6) is 5.75 Å². The third-order valence-electron chi connectivity index (χ3n) is 2.42. The van der Waals surface area contributed by atoms with Crippen LogP contribution in [0.25, 0.3) is 0 Å². The van der Waals surface area contributed by atoms with Crippen molar-refractivity contribution in [3.05, 3.63) is 33.9 Å². The summed E-state index contributed by atoms with van der Waals surface area (Å²) in [5.41, 5.74) is 1.09. The van der Waals surface area contributed by atoms with Crippen LogP contribution in [-0.2, 0) is 0 Å². The maximum absolute atomic E-state index is 10.9. The van der Waals surface area contributed by atoms with Crippen LogP contribution < -0.4 is 4.74 Å². The summed E-state index contributed by atoms with van der Waals surface area (Å²) in [4.78, 5) is 10.5. The Morgan fingerprint density at radius 2 is 1.94 bits per heavy atom. The lowest BCUT2D eigenvalue weighted by Gasteiger charge is -2.11. The fourth-order valence-corrected chi connectivity index (χ4v) is 1.41. The number of nitro benzene ring substituents is 1. The summed E-state index contributed by atoms with van der Waals surface area (Å²) in [6.45, 7) is 8.61. The van der Waals surface area contributed by atoms with E-state index in [4.69, 9.17) is 4.74 Å². The Balaban J connectivity index is 3.02. The van der Waals surface area contributed by atoms with Crippen molar-refractivity contribution >= 4 is 5.69 Å². The van der Waals surface area contributed by atoms with Crippen molar-refractivity contribution in [2.75, 3.05) is 6.61 Å². The highest BCUT2D eigenvalue weighted by Gasteiger charge is 2.16. The number of nitro groups is 1. The molecule has 0 aliphatic heterocycles. The van der Waals surface area contributed by atoms with Gasteiger partial charge in [0.1, 0.15) is 0 Å². The van der Waals surface area contributed by atoms with Gasteiger partial charge in [-0.15, -0.1) is 0 Å². The smallest absolute Gasteiger partial charge is 0.310 e. The molecular formula is C13H19NO3. The van der Waals surface area contributed by atoms with Crippen LogP contribution >= 0.6 is 0 Å². The maximum atomic E-state index is 10.9. The van der Waals surface area contributed by atoms with Gasteiger partial charge in [-0.25, -0.2) is 0 Å². The highest BCUT2D eigenvalue weighted by atomic mass is 16.6. The zero-order valence-corrected chi connectivity index (χ0v) is 10.8. The molecule has 0 fully saturated rings. The van der Waals surface area contributed by atoms with Crippen molar-refractivity contribution in [3.63, 3.8) is 0 Å². The molecule has 0 aromatic heterocycles. The van der Waals surface area contributed by atoms with Crippen LogP contribution in [0.1, 0.15) is 39.2 Å². The molecule has 1 aromatic rings. The second-order valence-corrected chi connectivity index (χ2v) is 4.84. The molecule has 0 saturated heterocycles. The molecule has 0 N–H and O–H groups in total. The Bertz CT molecular complexity index is 400. The number of ether oxygens (including phenoxy) is 1. The molecule has 0 heterocycles. The minimum atomic E-state index is -0.403. The van der Waals surface area contributed by atoms with Gasteiger partial charge in [0.05, 0.1) is 11.5 Å². The number of hydrogen-bond donors (Lipinski definition) is 0. The largest absolute Gasteiger partial charge is 0.487 e. The molecule has 94 valence electrons. The van der Waals surface area contributed by atoms with E-state index in [1.54, 1.807) is 12.1 Å². The predicted molar refractivity (Wildman–Crippen MR) is 67.5 cm³/mol. The lowest BCUT2D eigenvalue weighted by Crippen LogP contribution is -2.06. The third kappa shape index (κ3) is 3.73. The van der Waals surface area contributed by atoms with Gasteiger partial charge in [-0.05, 0) is 23.5 Å². The fourth-order valence-electron chi connectivity index (χ4n) is 1.41. The molecule has 0 spiro atoms. The highest BCUT2D eigenvalue weighted by molar-refractivity contribution is 5.49. The first kappa shape index (κ1) is 13.5. The normalized spacial score (nSPS) is 10.9. The van der Waals surface area contributed by atoms with E-state index in [0.29, 0.717) is 24.2 Å². The molecule has 0 unspecified atom stereocenters. The molecule has 1 aromatic carbocycles. The third-order valence-corrected chi connectivity index (χ3v) is 2.42.